The number of hydrogen-bond acceptors (Lipinski definition) is 5. The van der Waals surface area contributed by atoms with Crippen LogP contribution in [0.4, 0.5) is 14.9 Å². The number of phenolic OH excluding ortho intramolecular Hbond substituents is 1. The van der Waals surface area contributed by atoms with E-state index >= 15 is 0 Å². The Morgan fingerprint density at radius 3 is 2.39 bits per heavy atom. The van der Waals surface area contributed by atoms with Crippen molar-refractivity contribution in [2.45, 2.75) is 12.2 Å². The Morgan fingerprint density at radius 1 is 0.917 bits per heavy atom. The number of anilines is 1. The van der Waals surface area contributed by atoms with Gasteiger partial charge in [-0.05, 0) is 47.4 Å². The number of para-hydroxylation sites is 1. The van der Waals surface area contributed by atoms with Crippen LogP contribution in [0.2, 0.25) is 0 Å². The maximum atomic E-state index is 14.2. The zero-order chi connectivity index (χ0) is 25.5. The summed E-state index contributed by atoms with van der Waals surface area (Å²) >= 11 is 0. The van der Waals surface area contributed by atoms with Gasteiger partial charge in [0, 0.05) is 11.5 Å². The zero-order valence-corrected chi connectivity index (χ0v) is 18.9. The highest BCUT2D eigenvalue weighted by molar-refractivity contribution is 6.00. The molecule has 0 radical (unpaired) electrons. The maximum absolute atomic E-state index is 14.2. The fourth-order valence-electron chi connectivity index (χ4n) is 3.65. The molecule has 7 nitrogen and oxygen atoms in total. The van der Waals surface area contributed by atoms with Crippen molar-refractivity contribution in [2.24, 2.45) is 0 Å². The molecular weight excluding hydrogens is 465 g/mol. The molecule has 0 heterocycles. The average Bonchev–Trinajstić information content (AvgIpc) is 2.88. The highest BCUT2D eigenvalue weighted by atomic mass is 19.1. The second kappa shape index (κ2) is 11.1. The lowest BCUT2D eigenvalue weighted by molar-refractivity contribution is -0.131. The summed E-state index contributed by atoms with van der Waals surface area (Å²) < 4.78 is 25.9. The number of phenols is 1. The fourth-order valence-corrected chi connectivity index (χ4v) is 3.65. The molecule has 36 heavy (non-hydrogen) atoms. The lowest BCUT2D eigenvalue weighted by Gasteiger charge is -2.26. The first kappa shape index (κ1) is 24.3. The van der Waals surface area contributed by atoms with Gasteiger partial charge in [0.05, 0.1) is 5.69 Å². The molecule has 0 spiro atoms. The van der Waals surface area contributed by atoms with Gasteiger partial charge in [-0.1, -0.05) is 60.7 Å². The van der Waals surface area contributed by atoms with Crippen molar-refractivity contribution in [2.75, 3.05) is 5.32 Å². The standard InChI is InChI=1S/C28H22FNO6/c29-22-17-19(13-14-24(22)31)27(25(15-16-26(32)33)35-20-9-2-1-3-10-20)36-28(34)30-23-12-6-8-18-7-4-5-11-21(18)23/h1-17,25,27,31H,(H,30,34)(H,32,33)/b16-15+/t25-,27-/m0/s1. The number of benzene rings is 4. The van der Waals surface area contributed by atoms with Crippen LogP contribution >= 0.6 is 0 Å². The van der Waals surface area contributed by atoms with Gasteiger partial charge in [-0.3, -0.25) is 5.32 Å². The van der Waals surface area contributed by atoms with Crippen LogP contribution in [-0.2, 0) is 9.53 Å². The largest absolute Gasteiger partial charge is 0.505 e. The van der Waals surface area contributed by atoms with Crippen LogP contribution in [0.5, 0.6) is 11.5 Å². The molecule has 0 fully saturated rings. The molecule has 0 saturated heterocycles. The summed E-state index contributed by atoms with van der Waals surface area (Å²) in [4.78, 5) is 24.3. The molecule has 0 aliphatic rings. The highest BCUT2D eigenvalue weighted by Gasteiger charge is 2.29. The molecular formula is C28H22FNO6. The third-order valence-corrected chi connectivity index (χ3v) is 5.30. The zero-order valence-electron chi connectivity index (χ0n) is 18.9. The number of ether oxygens (including phenoxy) is 2. The summed E-state index contributed by atoms with van der Waals surface area (Å²) in [5.41, 5.74) is 0.643. The highest BCUT2D eigenvalue weighted by Crippen LogP contribution is 2.31. The summed E-state index contributed by atoms with van der Waals surface area (Å²) in [6, 6.07) is 24.8. The van der Waals surface area contributed by atoms with E-state index in [1.165, 1.54) is 12.1 Å². The minimum atomic E-state index is -1.27. The fraction of sp³-hybridized carbons (Fsp3) is 0.0714. The Labute approximate surface area is 206 Å². The first-order chi connectivity index (χ1) is 17.4. The van der Waals surface area contributed by atoms with Gasteiger partial charge in [0.2, 0.25) is 0 Å². The third-order valence-electron chi connectivity index (χ3n) is 5.30. The molecule has 1 amide bonds. The topological polar surface area (TPSA) is 105 Å². The number of fused-ring (bicyclic) bond motifs is 1. The van der Waals surface area contributed by atoms with Gasteiger partial charge in [0.25, 0.3) is 0 Å². The smallest absolute Gasteiger partial charge is 0.412 e. The minimum Gasteiger partial charge on any atom is -0.505 e. The van der Waals surface area contributed by atoms with Crippen LogP contribution < -0.4 is 10.1 Å². The molecule has 182 valence electrons. The number of carbonyl (C=O) groups excluding carboxylic acids is 1. The molecule has 0 saturated carbocycles. The Hall–Kier alpha value is -4.85. The second-order valence-electron chi connectivity index (χ2n) is 7.78. The number of hydrogen-bond donors (Lipinski definition) is 3. The first-order valence-electron chi connectivity index (χ1n) is 11.0. The van der Waals surface area contributed by atoms with E-state index in [9.17, 15) is 24.2 Å². The summed E-state index contributed by atoms with van der Waals surface area (Å²) in [7, 11) is 0. The first-order valence-corrected chi connectivity index (χ1v) is 11.0. The van der Waals surface area contributed by atoms with Gasteiger partial charge in [0.15, 0.2) is 23.8 Å². The van der Waals surface area contributed by atoms with Crippen molar-refractivity contribution in [3.8, 4) is 11.5 Å². The monoisotopic (exact) mass is 487 g/mol. The van der Waals surface area contributed by atoms with Gasteiger partial charge in [0.1, 0.15) is 5.75 Å². The van der Waals surface area contributed by atoms with E-state index in [2.05, 4.69) is 5.32 Å². The van der Waals surface area contributed by atoms with E-state index in [1.54, 1.807) is 42.5 Å². The number of carbonyl (C=O) groups is 2. The van der Waals surface area contributed by atoms with Crippen LogP contribution in [-0.4, -0.2) is 28.4 Å². The molecule has 0 aromatic heterocycles. The van der Waals surface area contributed by atoms with E-state index in [4.69, 9.17) is 9.47 Å². The van der Waals surface area contributed by atoms with Crippen LogP contribution in [0.1, 0.15) is 11.7 Å². The number of rotatable bonds is 8. The third kappa shape index (κ3) is 5.98. The average molecular weight is 487 g/mol. The van der Waals surface area contributed by atoms with Gasteiger partial charge >= 0.3 is 12.1 Å². The summed E-state index contributed by atoms with van der Waals surface area (Å²) in [5, 5.41) is 23.2. The number of amides is 1. The van der Waals surface area contributed by atoms with Crippen molar-refractivity contribution in [3.63, 3.8) is 0 Å². The van der Waals surface area contributed by atoms with E-state index < -0.39 is 35.8 Å². The minimum absolute atomic E-state index is 0.148. The predicted octanol–water partition coefficient (Wildman–Crippen LogP) is 6.06. The number of halogens is 1. The summed E-state index contributed by atoms with van der Waals surface area (Å²) in [6.07, 6.45) is -1.23. The van der Waals surface area contributed by atoms with Crippen LogP contribution in [0.15, 0.2) is 103 Å². The summed E-state index contributed by atoms with van der Waals surface area (Å²) in [5.74, 6) is -2.39. The normalized spacial score (nSPS) is 12.7. The van der Waals surface area contributed by atoms with Crippen molar-refractivity contribution in [1.82, 2.24) is 0 Å². The van der Waals surface area contributed by atoms with Gasteiger partial charge in [-0.2, -0.15) is 0 Å². The predicted molar refractivity (Wildman–Crippen MR) is 132 cm³/mol. The molecule has 4 aromatic carbocycles. The lowest BCUT2D eigenvalue weighted by Crippen LogP contribution is -2.30. The molecule has 8 heteroatoms. The molecule has 0 unspecified atom stereocenters. The van der Waals surface area contributed by atoms with Crippen molar-refractivity contribution < 1.29 is 33.7 Å². The number of nitrogens with one attached hydrogen (secondary N) is 1. The molecule has 2 atom stereocenters. The number of carboxylic acid groups (broad SMARTS) is 1. The van der Waals surface area contributed by atoms with Gasteiger partial charge < -0.3 is 19.7 Å². The van der Waals surface area contributed by atoms with E-state index in [-0.39, 0.29) is 5.56 Å². The van der Waals surface area contributed by atoms with E-state index in [0.717, 1.165) is 29.0 Å². The number of carboxylic acids is 1. The molecule has 3 N–H and O–H groups in total. The molecule has 4 rings (SSSR count). The maximum Gasteiger partial charge on any atom is 0.412 e. The summed E-state index contributed by atoms with van der Waals surface area (Å²) in [6.45, 7) is 0. The van der Waals surface area contributed by atoms with E-state index in [1.807, 2.05) is 30.3 Å². The number of aliphatic carboxylic acids is 1. The Balaban J connectivity index is 1.68. The van der Waals surface area contributed by atoms with Crippen molar-refractivity contribution in [1.29, 1.82) is 0 Å². The quantitative estimate of drug-likeness (QED) is 0.261. The second-order valence-corrected chi connectivity index (χ2v) is 7.78. The van der Waals surface area contributed by atoms with Crippen molar-refractivity contribution in [3.05, 3.63) is 115 Å². The molecule has 0 aliphatic carbocycles. The Bertz CT molecular complexity index is 1400. The van der Waals surface area contributed by atoms with E-state index in [0.29, 0.717) is 11.4 Å². The SMILES string of the molecule is O=C(O)/C=C/[C@H](Oc1ccccc1)[C@@H](OC(=O)Nc1cccc2ccccc12)c1ccc(O)c(F)c1. The Kier molecular flexibility index (Phi) is 7.45. The number of aromatic hydroxyl groups is 1. The Morgan fingerprint density at radius 2 is 1.64 bits per heavy atom. The lowest BCUT2D eigenvalue weighted by atomic mass is 10.0. The van der Waals surface area contributed by atoms with Crippen LogP contribution in [0.25, 0.3) is 10.8 Å². The molecule has 0 bridgehead atoms. The van der Waals surface area contributed by atoms with Crippen LogP contribution in [0.3, 0.4) is 0 Å². The van der Waals surface area contributed by atoms with Gasteiger partial charge in [-0.25, -0.2) is 14.0 Å². The molecule has 4 aromatic rings. The van der Waals surface area contributed by atoms with Gasteiger partial charge in [-0.15, -0.1) is 0 Å². The molecule has 0 aliphatic heterocycles. The van der Waals surface area contributed by atoms with Crippen LogP contribution in [0, 0.1) is 5.82 Å². The van der Waals surface area contributed by atoms with Crippen molar-refractivity contribution >= 4 is 28.5 Å².